The Labute approximate surface area is 193 Å². The van der Waals surface area contributed by atoms with Crippen LogP contribution in [0.4, 0.5) is 23.7 Å². The topological polar surface area (TPSA) is 75.7 Å². The molecular weight excluding hydrogens is 513 g/mol. The zero-order chi connectivity index (χ0) is 23.4. The maximum atomic E-state index is 13.7. The van der Waals surface area contributed by atoms with Crippen LogP contribution in [0.2, 0.25) is 0 Å². The summed E-state index contributed by atoms with van der Waals surface area (Å²) in [6, 6.07) is 6.70. The first-order valence-corrected chi connectivity index (χ1v) is 10.9. The highest BCUT2D eigenvalue weighted by Crippen LogP contribution is 2.35. The molecule has 3 rings (SSSR count). The molecule has 0 aromatic heterocycles. The molecule has 168 valence electrons. The molecule has 0 saturated carbocycles. The molecule has 6 nitrogen and oxygen atoms in total. The van der Waals surface area contributed by atoms with Crippen LogP contribution in [0.25, 0.3) is 6.08 Å². The van der Waals surface area contributed by atoms with Gasteiger partial charge in [0.2, 0.25) is 5.91 Å². The number of anilines is 1. The van der Waals surface area contributed by atoms with E-state index in [2.05, 4.69) is 15.9 Å². The van der Waals surface area contributed by atoms with Gasteiger partial charge >= 0.3 is 0 Å². The fourth-order valence-corrected chi connectivity index (χ4v) is 3.92. The minimum Gasteiger partial charge on any atom is -0.493 e. The molecule has 1 fully saturated rings. The summed E-state index contributed by atoms with van der Waals surface area (Å²) in [7, 11) is 0. The summed E-state index contributed by atoms with van der Waals surface area (Å²) in [5, 5.41) is 1.33. The number of rotatable bonds is 7. The maximum Gasteiger partial charge on any atom is 0.294 e. The molecule has 0 radical (unpaired) electrons. The van der Waals surface area contributed by atoms with Crippen molar-refractivity contribution >= 4 is 56.5 Å². The van der Waals surface area contributed by atoms with Crippen molar-refractivity contribution in [1.82, 2.24) is 4.90 Å². The van der Waals surface area contributed by atoms with Crippen LogP contribution in [0.1, 0.15) is 18.9 Å². The first-order chi connectivity index (χ1) is 15.2. The van der Waals surface area contributed by atoms with Crippen molar-refractivity contribution in [3.05, 3.63) is 62.7 Å². The lowest BCUT2D eigenvalue weighted by molar-refractivity contribution is -0.127. The Morgan fingerprint density at radius 2 is 1.94 bits per heavy atom. The van der Waals surface area contributed by atoms with Crippen molar-refractivity contribution in [3.63, 3.8) is 0 Å². The van der Waals surface area contributed by atoms with Crippen LogP contribution in [0, 0.1) is 17.5 Å². The number of imide groups is 1. The number of hydrogen-bond donors (Lipinski definition) is 1. The number of hydrogen-bond acceptors (Lipinski definition) is 5. The van der Waals surface area contributed by atoms with Gasteiger partial charge in [0.1, 0.15) is 12.3 Å². The number of carbonyl (C=O) groups is 3. The van der Waals surface area contributed by atoms with Crippen LogP contribution in [0.15, 0.2) is 39.7 Å². The van der Waals surface area contributed by atoms with E-state index in [0.717, 1.165) is 17.0 Å². The number of amides is 3. The van der Waals surface area contributed by atoms with Crippen molar-refractivity contribution < 1.29 is 32.3 Å². The molecule has 0 spiro atoms. The number of ether oxygens (including phenoxy) is 1. The van der Waals surface area contributed by atoms with E-state index >= 15 is 0 Å². The second-order valence-electron chi connectivity index (χ2n) is 6.57. The van der Waals surface area contributed by atoms with Gasteiger partial charge in [0.25, 0.3) is 11.1 Å². The average Bonchev–Trinajstić information content (AvgIpc) is 3.01. The van der Waals surface area contributed by atoms with Gasteiger partial charge < -0.3 is 10.1 Å². The van der Waals surface area contributed by atoms with Crippen LogP contribution >= 0.6 is 27.7 Å². The molecule has 2 aromatic carbocycles. The predicted octanol–water partition coefficient (Wildman–Crippen LogP) is 5.33. The predicted molar refractivity (Wildman–Crippen MR) is 118 cm³/mol. The van der Waals surface area contributed by atoms with Gasteiger partial charge in [-0.25, -0.2) is 13.2 Å². The Kier molecular flexibility index (Phi) is 7.62. The van der Waals surface area contributed by atoms with Gasteiger partial charge in [-0.1, -0.05) is 22.9 Å². The van der Waals surface area contributed by atoms with Crippen LogP contribution < -0.4 is 10.1 Å². The number of carbonyl (C=O) groups excluding carboxylic acids is 3. The van der Waals surface area contributed by atoms with Gasteiger partial charge in [-0.2, -0.15) is 0 Å². The van der Waals surface area contributed by atoms with Gasteiger partial charge in [0.05, 0.1) is 17.2 Å². The van der Waals surface area contributed by atoms with Gasteiger partial charge in [-0.05, 0) is 54.6 Å². The molecule has 0 bridgehead atoms. The Morgan fingerprint density at radius 1 is 1.19 bits per heavy atom. The van der Waals surface area contributed by atoms with E-state index in [1.54, 1.807) is 18.2 Å². The standard InChI is InChI=1S/C21H16BrF3N2O4S/c1-2-7-31-15-6-3-12(22)8-11(15)9-16-20(29)27(21(30)32-16)10-17(28)26-14-5-4-13(23)18(24)19(14)25/h3-6,8-9H,2,7,10H2,1H3,(H,26,28)/b16-9+. The molecule has 1 heterocycles. The fourth-order valence-electron chi connectivity index (χ4n) is 2.71. The third-order valence-corrected chi connectivity index (χ3v) is 5.61. The van der Waals surface area contributed by atoms with Gasteiger partial charge in [-0.3, -0.25) is 19.3 Å². The highest BCUT2D eigenvalue weighted by molar-refractivity contribution is 9.10. The van der Waals surface area contributed by atoms with Crippen molar-refractivity contribution in [3.8, 4) is 5.75 Å². The van der Waals surface area contributed by atoms with Gasteiger partial charge in [0, 0.05) is 10.0 Å². The van der Waals surface area contributed by atoms with E-state index in [9.17, 15) is 27.6 Å². The molecule has 1 aliphatic rings. The van der Waals surface area contributed by atoms with E-state index in [1.165, 1.54) is 6.08 Å². The average molecular weight is 529 g/mol. The molecule has 0 atom stereocenters. The molecular formula is C21H16BrF3N2O4S. The van der Waals surface area contributed by atoms with Gasteiger partial charge in [-0.15, -0.1) is 0 Å². The normalized spacial score (nSPS) is 14.9. The molecule has 11 heteroatoms. The lowest BCUT2D eigenvalue weighted by Crippen LogP contribution is -2.36. The Hall–Kier alpha value is -2.79. The van der Waals surface area contributed by atoms with Crippen molar-refractivity contribution in [2.24, 2.45) is 0 Å². The monoisotopic (exact) mass is 528 g/mol. The third-order valence-electron chi connectivity index (χ3n) is 4.20. The van der Waals surface area contributed by atoms with Gasteiger partial charge in [0.15, 0.2) is 17.5 Å². The number of nitrogens with zero attached hydrogens (tertiary/aromatic N) is 1. The summed E-state index contributed by atoms with van der Waals surface area (Å²) < 4.78 is 46.5. The summed E-state index contributed by atoms with van der Waals surface area (Å²) in [4.78, 5) is 37.9. The zero-order valence-corrected chi connectivity index (χ0v) is 19.0. The SMILES string of the molecule is CCCOc1ccc(Br)cc1/C=C1/SC(=O)N(CC(=O)Nc2ccc(F)c(F)c2F)C1=O. The van der Waals surface area contributed by atoms with E-state index in [-0.39, 0.29) is 4.91 Å². The lowest BCUT2D eigenvalue weighted by atomic mass is 10.2. The van der Waals surface area contributed by atoms with Crippen LogP contribution in [-0.2, 0) is 9.59 Å². The fraction of sp³-hybridized carbons (Fsp3) is 0.190. The van der Waals surface area contributed by atoms with Crippen LogP contribution in [0.5, 0.6) is 5.75 Å². The Balaban J connectivity index is 1.76. The number of halogens is 4. The molecule has 1 N–H and O–H groups in total. The zero-order valence-electron chi connectivity index (χ0n) is 16.6. The molecule has 2 aromatic rings. The first-order valence-electron chi connectivity index (χ1n) is 9.32. The molecule has 0 unspecified atom stereocenters. The van der Waals surface area contributed by atoms with Crippen LogP contribution in [-0.4, -0.2) is 35.1 Å². The van der Waals surface area contributed by atoms with E-state index in [4.69, 9.17) is 4.74 Å². The molecule has 3 amide bonds. The molecule has 0 aliphatic carbocycles. The highest BCUT2D eigenvalue weighted by Gasteiger charge is 2.36. The van der Waals surface area contributed by atoms with Crippen molar-refractivity contribution in [2.45, 2.75) is 13.3 Å². The third kappa shape index (κ3) is 5.33. The summed E-state index contributed by atoms with van der Waals surface area (Å²) in [5.74, 6) is -5.89. The lowest BCUT2D eigenvalue weighted by Gasteiger charge is -2.13. The summed E-state index contributed by atoms with van der Waals surface area (Å²) in [6.45, 7) is 1.68. The highest BCUT2D eigenvalue weighted by atomic mass is 79.9. The smallest absolute Gasteiger partial charge is 0.294 e. The quantitative estimate of drug-likeness (QED) is 0.388. The van der Waals surface area contributed by atoms with E-state index < -0.39 is 46.7 Å². The minimum atomic E-state index is -1.74. The van der Waals surface area contributed by atoms with Crippen molar-refractivity contribution in [2.75, 3.05) is 18.5 Å². The molecule has 1 saturated heterocycles. The van der Waals surface area contributed by atoms with E-state index in [0.29, 0.717) is 40.6 Å². The second-order valence-corrected chi connectivity index (χ2v) is 8.48. The maximum absolute atomic E-state index is 13.7. The van der Waals surface area contributed by atoms with Crippen molar-refractivity contribution in [1.29, 1.82) is 0 Å². The Morgan fingerprint density at radius 3 is 2.66 bits per heavy atom. The minimum absolute atomic E-state index is 0.0706. The number of nitrogens with one attached hydrogen (secondary N) is 1. The molecule has 1 aliphatic heterocycles. The second kappa shape index (κ2) is 10.2. The summed E-state index contributed by atoms with van der Waals surface area (Å²) in [6.07, 6.45) is 2.26. The van der Waals surface area contributed by atoms with Crippen LogP contribution in [0.3, 0.4) is 0 Å². The number of benzene rings is 2. The summed E-state index contributed by atoms with van der Waals surface area (Å²) >= 11 is 3.98. The largest absolute Gasteiger partial charge is 0.493 e. The summed E-state index contributed by atoms with van der Waals surface area (Å²) in [5.41, 5.74) is -0.0464. The number of thioether (sulfide) groups is 1. The molecule has 32 heavy (non-hydrogen) atoms. The van der Waals surface area contributed by atoms with E-state index in [1.807, 2.05) is 12.2 Å². The first kappa shape index (κ1) is 23.9. The Bertz CT molecular complexity index is 1130.